The number of carbonyl (C=O) groups is 1. The summed E-state index contributed by atoms with van der Waals surface area (Å²) in [6.45, 7) is 1.70. The molecule has 1 aliphatic rings. The molecule has 1 fully saturated rings. The Hall–Kier alpha value is -1.55. The van der Waals surface area contributed by atoms with Crippen molar-refractivity contribution in [3.8, 4) is 5.75 Å². The molecule has 4 nitrogen and oxygen atoms in total. The summed E-state index contributed by atoms with van der Waals surface area (Å²) in [5, 5.41) is 6.31. The minimum absolute atomic E-state index is 0.134. The lowest BCUT2D eigenvalue weighted by Crippen LogP contribution is -2.32. The van der Waals surface area contributed by atoms with E-state index in [0.717, 1.165) is 30.7 Å². The van der Waals surface area contributed by atoms with Gasteiger partial charge in [0.2, 0.25) is 5.91 Å². The van der Waals surface area contributed by atoms with Crippen LogP contribution in [-0.4, -0.2) is 32.1 Å². The zero-order valence-corrected chi connectivity index (χ0v) is 11.4. The summed E-state index contributed by atoms with van der Waals surface area (Å²) in [6.07, 6.45) is 3.68. The molecule has 1 unspecified atom stereocenters. The highest BCUT2D eigenvalue weighted by Gasteiger charge is 2.17. The van der Waals surface area contributed by atoms with E-state index in [0.29, 0.717) is 19.0 Å². The molecule has 0 saturated carbocycles. The summed E-state index contributed by atoms with van der Waals surface area (Å²) in [7, 11) is 1.67. The number of amides is 1. The van der Waals surface area contributed by atoms with Crippen molar-refractivity contribution in [2.75, 3.05) is 20.2 Å². The highest BCUT2D eigenvalue weighted by molar-refractivity contribution is 5.76. The minimum atomic E-state index is 0.134. The molecule has 1 aromatic rings. The molecule has 0 radical (unpaired) electrons. The molecular weight excluding hydrogens is 240 g/mol. The van der Waals surface area contributed by atoms with Crippen molar-refractivity contribution in [1.29, 1.82) is 0 Å². The van der Waals surface area contributed by atoms with E-state index in [9.17, 15) is 4.79 Å². The number of benzene rings is 1. The fraction of sp³-hybridized carbons (Fsp3) is 0.533. The van der Waals surface area contributed by atoms with Crippen LogP contribution in [0.25, 0.3) is 0 Å². The lowest BCUT2D eigenvalue weighted by molar-refractivity contribution is -0.121. The Kier molecular flexibility index (Phi) is 5.21. The number of para-hydroxylation sites is 1. The van der Waals surface area contributed by atoms with Gasteiger partial charge in [-0.05, 0) is 37.4 Å². The van der Waals surface area contributed by atoms with Crippen molar-refractivity contribution in [2.24, 2.45) is 0 Å². The first-order valence-corrected chi connectivity index (χ1v) is 6.91. The largest absolute Gasteiger partial charge is 0.496 e. The Morgan fingerprint density at radius 3 is 3.05 bits per heavy atom. The monoisotopic (exact) mass is 262 g/mol. The molecule has 0 aromatic heterocycles. The average molecular weight is 262 g/mol. The minimum Gasteiger partial charge on any atom is -0.496 e. The van der Waals surface area contributed by atoms with E-state index in [2.05, 4.69) is 10.6 Å². The number of methoxy groups -OCH3 is 1. The van der Waals surface area contributed by atoms with Crippen LogP contribution in [0.4, 0.5) is 0 Å². The molecule has 2 rings (SSSR count). The second-order valence-corrected chi connectivity index (χ2v) is 4.91. The van der Waals surface area contributed by atoms with Crippen LogP contribution < -0.4 is 15.4 Å². The molecule has 1 amide bonds. The molecule has 1 heterocycles. The van der Waals surface area contributed by atoms with E-state index in [4.69, 9.17) is 4.74 Å². The van der Waals surface area contributed by atoms with E-state index in [1.54, 1.807) is 7.11 Å². The lowest BCUT2D eigenvalue weighted by Gasteiger charge is -2.11. The predicted octanol–water partition coefficient (Wildman–Crippen LogP) is 1.50. The summed E-state index contributed by atoms with van der Waals surface area (Å²) in [6, 6.07) is 8.28. The van der Waals surface area contributed by atoms with Gasteiger partial charge < -0.3 is 15.4 Å². The molecule has 4 heteroatoms. The summed E-state index contributed by atoms with van der Waals surface area (Å²) >= 11 is 0. The first kappa shape index (κ1) is 13.9. The van der Waals surface area contributed by atoms with E-state index < -0.39 is 0 Å². The quantitative estimate of drug-likeness (QED) is 0.817. The molecule has 19 heavy (non-hydrogen) atoms. The Morgan fingerprint density at radius 1 is 1.47 bits per heavy atom. The van der Waals surface area contributed by atoms with Gasteiger partial charge in [0, 0.05) is 19.0 Å². The van der Waals surface area contributed by atoms with Crippen molar-refractivity contribution in [3.63, 3.8) is 0 Å². The van der Waals surface area contributed by atoms with Gasteiger partial charge in [-0.15, -0.1) is 0 Å². The number of ether oxygens (including phenoxy) is 1. The maximum absolute atomic E-state index is 11.8. The van der Waals surface area contributed by atoms with Crippen LogP contribution in [0, 0.1) is 0 Å². The van der Waals surface area contributed by atoms with Gasteiger partial charge in [0.05, 0.1) is 7.11 Å². The summed E-state index contributed by atoms with van der Waals surface area (Å²) < 4.78 is 5.29. The first-order chi connectivity index (χ1) is 9.29. The van der Waals surface area contributed by atoms with Crippen LogP contribution in [0.3, 0.4) is 0 Å². The first-order valence-electron chi connectivity index (χ1n) is 6.91. The van der Waals surface area contributed by atoms with Gasteiger partial charge in [-0.1, -0.05) is 18.2 Å². The molecule has 0 bridgehead atoms. The Balaban J connectivity index is 1.72. The maximum Gasteiger partial charge on any atom is 0.221 e. The summed E-state index contributed by atoms with van der Waals surface area (Å²) in [5.74, 6) is 1.02. The smallest absolute Gasteiger partial charge is 0.221 e. The molecule has 1 atom stereocenters. The summed E-state index contributed by atoms with van der Waals surface area (Å²) in [5.41, 5.74) is 1.13. The van der Waals surface area contributed by atoms with Crippen LogP contribution in [-0.2, 0) is 11.2 Å². The normalized spacial score (nSPS) is 18.3. The van der Waals surface area contributed by atoms with Crippen LogP contribution in [0.15, 0.2) is 24.3 Å². The SMILES string of the molecule is COc1ccccc1CCNC(=O)CC1CCCN1. The molecule has 0 aliphatic carbocycles. The van der Waals surface area contributed by atoms with Crippen LogP contribution in [0.1, 0.15) is 24.8 Å². The van der Waals surface area contributed by atoms with Crippen LogP contribution >= 0.6 is 0 Å². The Bertz CT molecular complexity index is 414. The molecule has 0 spiro atoms. The number of hydrogen-bond donors (Lipinski definition) is 2. The van der Waals surface area contributed by atoms with Crippen molar-refractivity contribution in [1.82, 2.24) is 10.6 Å². The zero-order chi connectivity index (χ0) is 13.5. The Labute approximate surface area is 114 Å². The lowest BCUT2D eigenvalue weighted by atomic mass is 10.1. The van der Waals surface area contributed by atoms with Crippen molar-refractivity contribution >= 4 is 5.91 Å². The van der Waals surface area contributed by atoms with Gasteiger partial charge in [0.15, 0.2) is 0 Å². The standard InChI is InChI=1S/C15H22N2O2/c1-19-14-7-3-2-5-12(14)8-10-17-15(18)11-13-6-4-9-16-13/h2-3,5,7,13,16H,4,6,8-11H2,1H3,(H,17,18). The molecule has 104 valence electrons. The highest BCUT2D eigenvalue weighted by Crippen LogP contribution is 2.17. The highest BCUT2D eigenvalue weighted by atomic mass is 16.5. The second kappa shape index (κ2) is 7.14. The molecule has 1 aromatic carbocycles. The molecular formula is C15H22N2O2. The predicted molar refractivity (Wildman–Crippen MR) is 75.3 cm³/mol. The van der Waals surface area contributed by atoms with E-state index >= 15 is 0 Å². The number of hydrogen-bond acceptors (Lipinski definition) is 3. The van der Waals surface area contributed by atoms with Gasteiger partial charge in [-0.25, -0.2) is 0 Å². The van der Waals surface area contributed by atoms with Crippen LogP contribution in [0.5, 0.6) is 5.75 Å². The van der Waals surface area contributed by atoms with E-state index in [1.807, 2.05) is 24.3 Å². The Morgan fingerprint density at radius 2 is 2.32 bits per heavy atom. The van der Waals surface area contributed by atoms with Crippen molar-refractivity contribution in [2.45, 2.75) is 31.7 Å². The number of carbonyl (C=O) groups excluding carboxylic acids is 1. The number of nitrogens with one attached hydrogen (secondary N) is 2. The van der Waals surface area contributed by atoms with Gasteiger partial charge >= 0.3 is 0 Å². The van der Waals surface area contributed by atoms with Crippen LogP contribution in [0.2, 0.25) is 0 Å². The van der Waals surface area contributed by atoms with E-state index in [1.165, 1.54) is 6.42 Å². The van der Waals surface area contributed by atoms with E-state index in [-0.39, 0.29) is 5.91 Å². The molecule has 2 N–H and O–H groups in total. The maximum atomic E-state index is 11.8. The van der Waals surface area contributed by atoms with Gasteiger partial charge in [-0.2, -0.15) is 0 Å². The van der Waals surface area contributed by atoms with Gasteiger partial charge in [0.1, 0.15) is 5.75 Å². The fourth-order valence-corrected chi connectivity index (χ4v) is 2.47. The third kappa shape index (κ3) is 4.24. The van der Waals surface area contributed by atoms with Crippen molar-refractivity contribution in [3.05, 3.63) is 29.8 Å². The summed E-state index contributed by atoms with van der Waals surface area (Å²) in [4.78, 5) is 11.8. The number of rotatable bonds is 6. The van der Waals surface area contributed by atoms with Gasteiger partial charge in [-0.3, -0.25) is 4.79 Å². The second-order valence-electron chi connectivity index (χ2n) is 4.91. The zero-order valence-electron chi connectivity index (χ0n) is 11.4. The third-order valence-corrected chi connectivity index (χ3v) is 3.50. The van der Waals surface area contributed by atoms with Crippen molar-refractivity contribution < 1.29 is 9.53 Å². The molecule has 1 saturated heterocycles. The average Bonchev–Trinajstić information content (AvgIpc) is 2.92. The van der Waals surface area contributed by atoms with Gasteiger partial charge in [0.25, 0.3) is 0 Å². The fourth-order valence-electron chi connectivity index (χ4n) is 2.47. The third-order valence-electron chi connectivity index (χ3n) is 3.50. The topological polar surface area (TPSA) is 50.4 Å². The molecule has 1 aliphatic heterocycles.